The molecule has 2 rings (SSSR count). The molecule has 25 heavy (non-hydrogen) atoms. The lowest BCUT2D eigenvalue weighted by Gasteiger charge is -2.33. The van der Waals surface area contributed by atoms with Crippen molar-refractivity contribution in [2.45, 2.75) is 18.4 Å². The second-order valence-electron chi connectivity index (χ2n) is 6.69. The van der Waals surface area contributed by atoms with Crippen molar-refractivity contribution in [1.82, 2.24) is 4.90 Å². The van der Waals surface area contributed by atoms with Crippen molar-refractivity contribution in [3.05, 3.63) is 78.4 Å². The monoisotopic (exact) mass is 339 g/mol. The molecule has 134 valence electrons. The summed E-state index contributed by atoms with van der Waals surface area (Å²) in [6, 6.07) is 18.0. The van der Waals surface area contributed by atoms with Gasteiger partial charge in [0.05, 0.1) is 13.2 Å². The Hall–Kier alpha value is -2.10. The zero-order valence-corrected chi connectivity index (χ0v) is 15.4. The van der Waals surface area contributed by atoms with Crippen molar-refractivity contribution in [2.24, 2.45) is 5.92 Å². The average molecular weight is 339 g/mol. The lowest BCUT2D eigenvalue weighted by molar-refractivity contribution is 0.0738. The molecule has 0 aliphatic heterocycles. The molecule has 2 aromatic carbocycles. The zero-order valence-electron chi connectivity index (χ0n) is 15.4. The Morgan fingerprint density at radius 1 is 1.08 bits per heavy atom. The highest BCUT2D eigenvalue weighted by Crippen LogP contribution is 2.38. The molecule has 0 aliphatic carbocycles. The van der Waals surface area contributed by atoms with Crippen LogP contribution in [0.25, 0.3) is 0 Å². The largest absolute Gasteiger partial charge is 0.497 e. The molecule has 0 saturated heterocycles. The van der Waals surface area contributed by atoms with Crippen LogP contribution in [0.2, 0.25) is 0 Å². The number of rotatable bonds is 9. The van der Waals surface area contributed by atoms with E-state index in [9.17, 15) is 5.11 Å². The Morgan fingerprint density at radius 2 is 1.76 bits per heavy atom. The summed E-state index contributed by atoms with van der Waals surface area (Å²) in [6.07, 6.45) is 2.19. The molecule has 3 heteroatoms. The first-order valence-electron chi connectivity index (χ1n) is 8.69. The minimum Gasteiger partial charge on any atom is -0.497 e. The first-order valence-corrected chi connectivity index (χ1v) is 8.69. The molecule has 0 saturated carbocycles. The molecule has 0 bridgehead atoms. The number of aliphatic hydroxyl groups excluding tert-OH is 1. The number of benzene rings is 2. The quantitative estimate of drug-likeness (QED) is 0.693. The van der Waals surface area contributed by atoms with E-state index in [0.717, 1.165) is 24.3 Å². The molecule has 3 atom stereocenters. The van der Waals surface area contributed by atoms with Crippen LogP contribution in [-0.4, -0.2) is 37.8 Å². The van der Waals surface area contributed by atoms with Crippen LogP contribution < -0.4 is 4.74 Å². The summed E-state index contributed by atoms with van der Waals surface area (Å²) in [6.45, 7) is 4.72. The van der Waals surface area contributed by atoms with Crippen LogP contribution in [0.1, 0.15) is 29.6 Å². The molecule has 0 spiro atoms. The molecule has 3 nitrogen and oxygen atoms in total. The molecule has 0 fully saturated rings. The van der Waals surface area contributed by atoms with Crippen molar-refractivity contribution in [1.29, 1.82) is 0 Å². The summed E-state index contributed by atoms with van der Waals surface area (Å²) < 4.78 is 5.39. The Kier molecular flexibility index (Phi) is 7.23. The van der Waals surface area contributed by atoms with Gasteiger partial charge < -0.3 is 14.7 Å². The topological polar surface area (TPSA) is 32.7 Å². The van der Waals surface area contributed by atoms with Crippen LogP contribution in [0.5, 0.6) is 5.75 Å². The van der Waals surface area contributed by atoms with E-state index in [1.54, 1.807) is 7.11 Å². The van der Waals surface area contributed by atoms with Crippen LogP contribution in [0.3, 0.4) is 0 Å². The molecule has 0 unspecified atom stereocenters. The van der Waals surface area contributed by atoms with E-state index in [4.69, 9.17) is 4.74 Å². The van der Waals surface area contributed by atoms with Crippen molar-refractivity contribution in [2.75, 3.05) is 27.7 Å². The van der Waals surface area contributed by atoms with Crippen LogP contribution in [0.4, 0.5) is 0 Å². The first-order chi connectivity index (χ1) is 12.1. The summed E-state index contributed by atoms with van der Waals surface area (Å²) in [5, 5.41) is 11.1. The predicted molar refractivity (Wildman–Crippen MR) is 104 cm³/mol. The summed E-state index contributed by atoms with van der Waals surface area (Å²) in [5.41, 5.74) is 2.12. The van der Waals surface area contributed by atoms with Crippen molar-refractivity contribution >= 4 is 0 Å². The van der Waals surface area contributed by atoms with Crippen LogP contribution in [0.15, 0.2) is 67.3 Å². The summed E-state index contributed by atoms with van der Waals surface area (Å²) in [7, 11) is 5.76. The highest BCUT2D eigenvalue weighted by atomic mass is 16.5. The summed E-state index contributed by atoms with van der Waals surface area (Å²) in [5.74, 6) is 1.04. The first kappa shape index (κ1) is 19.2. The third kappa shape index (κ3) is 5.18. The van der Waals surface area contributed by atoms with Gasteiger partial charge in [-0.1, -0.05) is 48.5 Å². The fraction of sp³-hybridized carbons (Fsp3) is 0.364. The second-order valence-corrected chi connectivity index (χ2v) is 6.69. The van der Waals surface area contributed by atoms with Gasteiger partial charge in [-0.05, 0) is 49.7 Å². The van der Waals surface area contributed by atoms with Gasteiger partial charge >= 0.3 is 0 Å². The maximum absolute atomic E-state index is 11.1. The molecule has 2 aromatic rings. The van der Waals surface area contributed by atoms with E-state index in [1.807, 2.05) is 62.6 Å². The Balaban J connectivity index is 2.41. The third-order valence-electron chi connectivity index (χ3n) is 4.58. The Bertz CT molecular complexity index is 654. The molecule has 0 heterocycles. The number of hydrogen-bond acceptors (Lipinski definition) is 3. The van der Waals surface area contributed by atoms with E-state index >= 15 is 0 Å². The molecular weight excluding hydrogens is 310 g/mol. The van der Waals surface area contributed by atoms with Crippen molar-refractivity contribution < 1.29 is 9.84 Å². The molecule has 0 amide bonds. The molecular formula is C22H29NO2. The lowest BCUT2D eigenvalue weighted by Crippen LogP contribution is -2.31. The van der Waals surface area contributed by atoms with E-state index in [1.165, 1.54) is 5.56 Å². The van der Waals surface area contributed by atoms with Gasteiger partial charge in [0.15, 0.2) is 0 Å². The van der Waals surface area contributed by atoms with Gasteiger partial charge in [0.1, 0.15) is 5.75 Å². The van der Waals surface area contributed by atoms with Gasteiger partial charge in [0, 0.05) is 12.5 Å². The maximum atomic E-state index is 11.1. The van der Waals surface area contributed by atoms with Gasteiger partial charge in [-0.15, -0.1) is 6.58 Å². The predicted octanol–water partition coefficient (Wildman–Crippen LogP) is 4.27. The number of nitrogens with zero attached hydrogens (tertiary/aromatic N) is 1. The van der Waals surface area contributed by atoms with E-state index < -0.39 is 6.10 Å². The minimum atomic E-state index is -0.542. The van der Waals surface area contributed by atoms with Gasteiger partial charge in [-0.3, -0.25) is 0 Å². The summed E-state index contributed by atoms with van der Waals surface area (Å²) >= 11 is 0. The van der Waals surface area contributed by atoms with E-state index in [0.29, 0.717) is 0 Å². The lowest BCUT2D eigenvalue weighted by atomic mass is 9.78. The third-order valence-corrected chi connectivity index (χ3v) is 4.58. The van der Waals surface area contributed by atoms with Crippen molar-refractivity contribution in [3.63, 3.8) is 0 Å². The zero-order chi connectivity index (χ0) is 18.2. The molecule has 0 aromatic heterocycles. The van der Waals surface area contributed by atoms with Gasteiger partial charge in [-0.25, -0.2) is 0 Å². The molecule has 0 radical (unpaired) electrons. The SMILES string of the molecule is C=CC[C@@H](c1cccc(OC)c1)[C@H](CN(C)C)[C@H](O)c1ccccc1. The van der Waals surface area contributed by atoms with Crippen molar-refractivity contribution in [3.8, 4) is 5.75 Å². The van der Waals surface area contributed by atoms with Gasteiger partial charge in [-0.2, -0.15) is 0 Å². The van der Waals surface area contributed by atoms with Gasteiger partial charge in [0.25, 0.3) is 0 Å². The standard InChI is InChI=1S/C22H29NO2/c1-5-10-20(18-13-9-14-19(15-18)25-4)21(16-23(2)3)22(24)17-11-7-6-8-12-17/h5-9,11-15,20-22,24H,1,10,16H2,2-4H3/t20-,21-,22+/m0/s1. The molecule has 1 N–H and O–H groups in total. The Morgan fingerprint density at radius 3 is 2.36 bits per heavy atom. The number of ether oxygens (including phenoxy) is 1. The van der Waals surface area contributed by atoms with Crippen LogP contribution in [0, 0.1) is 5.92 Å². The normalized spacial score (nSPS) is 14.8. The Labute approximate surface area is 151 Å². The second kappa shape index (κ2) is 9.40. The van der Waals surface area contributed by atoms with Crippen LogP contribution in [-0.2, 0) is 0 Å². The smallest absolute Gasteiger partial charge is 0.119 e. The number of allylic oxidation sites excluding steroid dienone is 1. The van der Waals surface area contributed by atoms with Crippen LogP contribution >= 0.6 is 0 Å². The van der Waals surface area contributed by atoms with E-state index in [-0.39, 0.29) is 11.8 Å². The number of methoxy groups -OCH3 is 1. The highest BCUT2D eigenvalue weighted by molar-refractivity contribution is 5.32. The molecule has 0 aliphatic rings. The average Bonchev–Trinajstić information content (AvgIpc) is 2.64. The van der Waals surface area contributed by atoms with E-state index in [2.05, 4.69) is 23.6 Å². The minimum absolute atomic E-state index is 0.0440. The highest BCUT2D eigenvalue weighted by Gasteiger charge is 2.30. The summed E-state index contributed by atoms with van der Waals surface area (Å²) in [4.78, 5) is 2.13. The van der Waals surface area contributed by atoms with Gasteiger partial charge in [0.2, 0.25) is 0 Å². The number of aliphatic hydroxyl groups is 1. The fourth-order valence-corrected chi connectivity index (χ4v) is 3.38. The number of hydrogen-bond donors (Lipinski definition) is 1. The maximum Gasteiger partial charge on any atom is 0.119 e. The fourth-order valence-electron chi connectivity index (χ4n) is 3.38.